The van der Waals surface area contributed by atoms with E-state index in [0.717, 1.165) is 15.9 Å². The summed E-state index contributed by atoms with van der Waals surface area (Å²) in [6.07, 6.45) is -5.94. The van der Waals surface area contributed by atoms with Crippen molar-refractivity contribution in [3.63, 3.8) is 0 Å². The smallest absolute Gasteiger partial charge is 0.306 e. The maximum absolute atomic E-state index is 12.8. The van der Waals surface area contributed by atoms with E-state index >= 15 is 0 Å². The van der Waals surface area contributed by atoms with E-state index in [1.807, 2.05) is 66.7 Å². The number of hydrogen-bond donors (Lipinski definition) is 1. The minimum absolute atomic E-state index is 0.00533. The Balaban J connectivity index is 1.71. The predicted molar refractivity (Wildman–Crippen MR) is 183 cm³/mol. The summed E-state index contributed by atoms with van der Waals surface area (Å²) in [7, 11) is -3.03. The van der Waals surface area contributed by atoms with E-state index in [1.54, 1.807) is 0 Å². The second-order valence-electron chi connectivity index (χ2n) is 12.8. The molecule has 48 heavy (non-hydrogen) atoms. The minimum Gasteiger partial charge on any atom is -0.454 e. The van der Waals surface area contributed by atoms with E-state index in [1.165, 1.54) is 6.92 Å². The van der Waals surface area contributed by atoms with Crippen molar-refractivity contribution in [2.75, 3.05) is 19.8 Å². The van der Waals surface area contributed by atoms with Crippen molar-refractivity contribution in [2.24, 2.45) is 5.11 Å². The molecular formula is C36H45N3O8Si. The van der Waals surface area contributed by atoms with E-state index in [2.05, 4.69) is 55.1 Å². The fourth-order valence-corrected chi connectivity index (χ4v) is 10.5. The summed E-state index contributed by atoms with van der Waals surface area (Å²) in [6, 6.07) is 29.8. The minimum atomic E-state index is -3.03. The fraction of sp³-hybridized carbons (Fsp3) is 0.444. The van der Waals surface area contributed by atoms with Gasteiger partial charge in [0, 0.05) is 17.9 Å². The van der Waals surface area contributed by atoms with E-state index in [9.17, 15) is 14.7 Å². The van der Waals surface area contributed by atoms with Crippen LogP contribution in [0.15, 0.2) is 96.1 Å². The summed E-state index contributed by atoms with van der Waals surface area (Å²) in [4.78, 5) is 27.1. The van der Waals surface area contributed by atoms with Crippen LogP contribution in [0.3, 0.4) is 0 Å². The zero-order chi connectivity index (χ0) is 34.6. The summed E-state index contributed by atoms with van der Waals surface area (Å²) in [5.41, 5.74) is 9.63. The SMILES string of the molecule is CC(=O)CCC(=O)O[C@H]1[C@H](OCCN=[N+]=[N-])O[C@H](CO[Si](c2ccccc2)(c2ccccc2)C(C)(C)C)[C@H](OCc2ccccc2)[C@@H]1O. The first-order chi connectivity index (χ1) is 23.1. The number of hydrogen-bond acceptors (Lipinski definition) is 9. The van der Waals surface area contributed by atoms with E-state index in [-0.39, 0.29) is 50.0 Å². The number of aliphatic hydroxyl groups is 1. The quantitative estimate of drug-likeness (QED) is 0.0566. The monoisotopic (exact) mass is 675 g/mol. The number of ketones is 1. The van der Waals surface area contributed by atoms with Gasteiger partial charge in [-0.2, -0.15) is 0 Å². The van der Waals surface area contributed by atoms with Gasteiger partial charge in [0.2, 0.25) is 0 Å². The van der Waals surface area contributed by atoms with Crippen LogP contribution >= 0.6 is 0 Å². The molecule has 0 aliphatic carbocycles. The van der Waals surface area contributed by atoms with Crippen molar-refractivity contribution < 1.29 is 38.1 Å². The molecule has 0 bridgehead atoms. The van der Waals surface area contributed by atoms with Crippen LogP contribution in [0, 0.1) is 0 Å². The van der Waals surface area contributed by atoms with E-state index in [4.69, 9.17) is 28.9 Å². The van der Waals surface area contributed by atoms with E-state index < -0.39 is 45.0 Å². The Kier molecular flexibility index (Phi) is 13.5. The number of aliphatic hydroxyl groups excluding tert-OH is 1. The summed E-state index contributed by atoms with van der Waals surface area (Å²) in [5, 5.41) is 17.2. The highest BCUT2D eigenvalue weighted by Gasteiger charge is 2.53. The Labute approximate surface area is 282 Å². The summed E-state index contributed by atoms with van der Waals surface area (Å²) >= 11 is 0. The van der Waals surface area contributed by atoms with Crippen LogP contribution < -0.4 is 10.4 Å². The molecule has 1 fully saturated rings. The van der Waals surface area contributed by atoms with Crippen LogP contribution in [0.2, 0.25) is 5.04 Å². The maximum atomic E-state index is 12.8. The van der Waals surface area contributed by atoms with Crippen molar-refractivity contribution in [1.82, 2.24) is 0 Å². The first-order valence-electron chi connectivity index (χ1n) is 16.1. The molecule has 3 aromatic rings. The predicted octanol–water partition coefficient (Wildman–Crippen LogP) is 4.84. The molecule has 1 aliphatic rings. The molecule has 5 atom stereocenters. The van der Waals surface area contributed by atoms with Crippen LogP contribution in [0.5, 0.6) is 0 Å². The lowest BCUT2D eigenvalue weighted by Crippen LogP contribution is -2.68. The highest BCUT2D eigenvalue weighted by atomic mass is 28.4. The number of ether oxygens (including phenoxy) is 4. The molecule has 0 saturated carbocycles. The number of benzene rings is 3. The van der Waals surface area contributed by atoms with Gasteiger partial charge in [-0.15, -0.1) is 0 Å². The van der Waals surface area contributed by atoms with Crippen molar-refractivity contribution in [1.29, 1.82) is 0 Å². The van der Waals surface area contributed by atoms with Crippen LogP contribution in [0.1, 0.15) is 46.1 Å². The van der Waals surface area contributed by atoms with Gasteiger partial charge in [-0.1, -0.05) is 117 Å². The highest BCUT2D eigenvalue weighted by molar-refractivity contribution is 6.99. The summed E-state index contributed by atoms with van der Waals surface area (Å²) in [5.74, 6) is -0.857. The van der Waals surface area contributed by atoms with Gasteiger partial charge < -0.3 is 33.3 Å². The number of azide groups is 1. The first-order valence-corrected chi connectivity index (χ1v) is 18.0. The summed E-state index contributed by atoms with van der Waals surface area (Å²) < 4.78 is 31.6. The van der Waals surface area contributed by atoms with Crippen LogP contribution in [0.4, 0.5) is 0 Å². The van der Waals surface area contributed by atoms with Crippen LogP contribution in [-0.4, -0.2) is 75.6 Å². The Hall–Kier alpha value is -3.87. The van der Waals surface area contributed by atoms with Crippen molar-refractivity contribution in [3.05, 3.63) is 107 Å². The van der Waals surface area contributed by atoms with Gasteiger partial charge >= 0.3 is 5.97 Å². The van der Waals surface area contributed by atoms with Crippen LogP contribution in [0.25, 0.3) is 10.4 Å². The molecule has 0 spiro atoms. The standard InChI is InChI=1S/C36H45N3O8Si/c1-26(40)20-21-31(41)47-34-32(42)33(44-24-27-14-8-5-9-15-27)30(46-35(34)43-23-22-38-39-37)25-45-48(36(2,3)4,28-16-10-6-11-17-28)29-18-12-7-13-19-29/h5-19,30,32-35,42H,20-25H2,1-4H3/t30-,32+,33+,34-,35-/m1/s1. The van der Waals surface area contributed by atoms with Crippen molar-refractivity contribution >= 4 is 30.4 Å². The molecule has 256 valence electrons. The third-order valence-corrected chi connectivity index (χ3v) is 13.3. The molecule has 1 saturated heterocycles. The number of esters is 1. The van der Waals surface area contributed by atoms with E-state index in [0.29, 0.717) is 0 Å². The molecular weight excluding hydrogens is 630 g/mol. The van der Waals surface area contributed by atoms with Gasteiger partial charge in [0.15, 0.2) is 12.4 Å². The van der Waals surface area contributed by atoms with Gasteiger partial charge in [0.05, 0.1) is 26.2 Å². The third kappa shape index (κ3) is 9.39. The molecule has 0 radical (unpaired) electrons. The zero-order valence-electron chi connectivity index (χ0n) is 27.9. The number of rotatable bonds is 16. The normalized spacial score (nSPS) is 21.2. The molecule has 0 aromatic heterocycles. The molecule has 12 heteroatoms. The molecule has 0 amide bonds. The van der Waals surface area contributed by atoms with Crippen LogP contribution in [-0.2, 0) is 39.6 Å². The Morgan fingerprint density at radius 3 is 2.02 bits per heavy atom. The number of carbonyl (C=O) groups excluding carboxylic acids is 2. The van der Waals surface area contributed by atoms with Gasteiger partial charge in [-0.05, 0) is 33.4 Å². The summed E-state index contributed by atoms with van der Waals surface area (Å²) in [6.45, 7) is 7.98. The molecule has 1 heterocycles. The zero-order valence-corrected chi connectivity index (χ0v) is 28.9. The van der Waals surface area contributed by atoms with Gasteiger partial charge in [0.25, 0.3) is 8.32 Å². The molecule has 1 aliphatic heterocycles. The topological polar surface area (TPSA) is 149 Å². The van der Waals surface area contributed by atoms with Crippen molar-refractivity contribution in [3.8, 4) is 0 Å². The van der Waals surface area contributed by atoms with Gasteiger partial charge in [0.1, 0.15) is 24.1 Å². The second-order valence-corrected chi connectivity index (χ2v) is 17.1. The molecule has 0 unspecified atom stereocenters. The largest absolute Gasteiger partial charge is 0.454 e. The lowest BCUT2D eigenvalue weighted by atomic mass is 9.98. The number of Topliss-reactive ketones (excluding diaryl/α,β-unsaturated/α-hetero) is 1. The lowest BCUT2D eigenvalue weighted by Gasteiger charge is -2.47. The van der Waals surface area contributed by atoms with Gasteiger partial charge in [-0.25, -0.2) is 0 Å². The average molecular weight is 676 g/mol. The molecule has 1 N–H and O–H groups in total. The average Bonchev–Trinajstić information content (AvgIpc) is 3.08. The highest BCUT2D eigenvalue weighted by Crippen LogP contribution is 2.38. The lowest BCUT2D eigenvalue weighted by molar-refractivity contribution is -0.310. The Morgan fingerprint density at radius 1 is 0.896 bits per heavy atom. The van der Waals surface area contributed by atoms with Gasteiger partial charge in [-0.3, -0.25) is 4.79 Å². The maximum Gasteiger partial charge on any atom is 0.306 e. The molecule has 3 aromatic carbocycles. The van der Waals surface area contributed by atoms with Crippen molar-refractivity contribution in [2.45, 2.75) is 82.9 Å². The fourth-order valence-electron chi connectivity index (χ4n) is 5.97. The number of nitrogens with zero attached hydrogens (tertiary/aromatic N) is 3. The molecule has 11 nitrogen and oxygen atoms in total. The third-order valence-electron chi connectivity index (χ3n) is 8.27. The first kappa shape index (κ1) is 37.0. The molecule has 4 rings (SSSR count). The number of carbonyl (C=O) groups is 2. The Bertz CT molecular complexity index is 1460. The Morgan fingerprint density at radius 2 is 1.48 bits per heavy atom. The second kappa shape index (κ2) is 17.5.